The van der Waals surface area contributed by atoms with Crippen LogP contribution in [0.5, 0.6) is 0 Å². The van der Waals surface area contributed by atoms with Gasteiger partial charge in [-0.15, -0.1) is 0 Å². The largest absolute Gasteiger partial charge is 0.390 e. The van der Waals surface area contributed by atoms with Crippen molar-refractivity contribution in [2.75, 3.05) is 18.1 Å². The van der Waals surface area contributed by atoms with Crippen LogP contribution in [0.4, 0.5) is 0 Å². The Morgan fingerprint density at radius 1 is 1.04 bits per heavy atom. The molecular formula is C33H35IN4O5S2. The van der Waals surface area contributed by atoms with Crippen molar-refractivity contribution in [2.24, 2.45) is 0 Å². The smallest absolute Gasteiger partial charge is 0.264 e. The van der Waals surface area contributed by atoms with E-state index in [2.05, 4.69) is 17.7 Å². The van der Waals surface area contributed by atoms with Crippen molar-refractivity contribution in [1.82, 2.24) is 19.4 Å². The summed E-state index contributed by atoms with van der Waals surface area (Å²) >= 11 is 2.01. The van der Waals surface area contributed by atoms with E-state index in [4.69, 9.17) is 5.10 Å². The average Bonchev–Trinajstić information content (AvgIpc) is 3.44. The summed E-state index contributed by atoms with van der Waals surface area (Å²) in [7, 11) is -2.52. The molecular weight excluding hydrogens is 723 g/mol. The minimum absolute atomic E-state index is 0.0568. The SMILES string of the molecule is CCCCc1c(-c2ccc(C(=O)NS(=O)(=O)CCSI)cc2C(=O)N2CCc3ccccc3C2)c(CO)nn1-c1ccccc1. The number of hydrogen-bond acceptors (Lipinski definition) is 7. The summed E-state index contributed by atoms with van der Waals surface area (Å²) in [6.45, 7) is 2.65. The Bertz CT molecular complexity index is 1790. The summed E-state index contributed by atoms with van der Waals surface area (Å²) in [5.74, 6) is -0.955. The molecule has 0 radical (unpaired) electrons. The van der Waals surface area contributed by atoms with Gasteiger partial charge in [-0.1, -0.05) is 70.8 Å². The second-order valence-electron chi connectivity index (χ2n) is 10.8. The Labute approximate surface area is 280 Å². The number of sulfonamides is 1. The van der Waals surface area contributed by atoms with E-state index in [-0.39, 0.29) is 29.4 Å². The van der Waals surface area contributed by atoms with Gasteiger partial charge in [0.05, 0.1) is 29.4 Å². The molecule has 0 bridgehead atoms. The van der Waals surface area contributed by atoms with Gasteiger partial charge >= 0.3 is 0 Å². The summed E-state index contributed by atoms with van der Waals surface area (Å²) in [5, 5.41) is 15.3. The number of aromatic nitrogens is 2. The molecule has 5 rings (SSSR count). The first-order chi connectivity index (χ1) is 21.8. The molecule has 2 N–H and O–H groups in total. The molecule has 0 saturated heterocycles. The van der Waals surface area contributed by atoms with Gasteiger partial charge in [-0.2, -0.15) is 5.10 Å². The van der Waals surface area contributed by atoms with Gasteiger partial charge in [-0.3, -0.25) is 9.59 Å². The molecule has 0 atom stereocenters. The third-order valence-electron chi connectivity index (χ3n) is 7.85. The molecule has 0 aliphatic carbocycles. The summed E-state index contributed by atoms with van der Waals surface area (Å²) in [6, 6.07) is 22.3. The number of carbonyl (C=O) groups is 2. The molecule has 12 heteroatoms. The zero-order valence-electron chi connectivity index (χ0n) is 24.9. The lowest BCUT2D eigenvalue weighted by atomic mass is 9.92. The van der Waals surface area contributed by atoms with Crippen LogP contribution in [-0.2, 0) is 36.0 Å². The van der Waals surface area contributed by atoms with E-state index < -0.39 is 15.9 Å². The number of fused-ring (bicyclic) bond motifs is 1. The fraction of sp³-hybridized carbons (Fsp3) is 0.303. The second kappa shape index (κ2) is 14.9. The molecule has 0 unspecified atom stereocenters. The maximum Gasteiger partial charge on any atom is 0.264 e. The minimum atomic E-state index is -3.86. The molecule has 45 heavy (non-hydrogen) atoms. The number of nitrogens with one attached hydrogen (secondary N) is 1. The van der Waals surface area contributed by atoms with Crippen molar-refractivity contribution in [3.8, 4) is 16.8 Å². The molecule has 4 aromatic rings. The fourth-order valence-electron chi connectivity index (χ4n) is 5.60. The highest BCUT2D eigenvalue weighted by molar-refractivity contribution is 14.2. The Kier molecular flexibility index (Phi) is 11.0. The number of unbranched alkanes of at least 4 members (excludes halogenated alkanes) is 1. The van der Waals surface area contributed by atoms with E-state index in [9.17, 15) is 23.1 Å². The first kappa shape index (κ1) is 33.2. The Morgan fingerprint density at radius 3 is 2.49 bits per heavy atom. The van der Waals surface area contributed by atoms with Crippen LogP contribution in [0.15, 0.2) is 72.8 Å². The zero-order chi connectivity index (χ0) is 32.0. The van der Waals surface area contributed by atoms with Gasteiger partial charge < -0.3 is 10.0 Å². The third kappa shape index (κ3) is 7.62. The Morgan fingerprint density at radius 2 is 1.78 bits per heavy atom. The van der Waals surface area contributed by atoms with Crippen molar-refractivity contribution in [3.05, 3.63) is 106 Å². The maximum atomic E-state index is 14.4. The van der Waals surface area contributed by atoms with Gasteiger partial charge in [0.2, 0.25) is 10.0 Å². The average molecular weight is 759 g/mol. The van der Waals surface area contributed by atoms with Crippen LogP contribution < -0.4 is 4.72 Å². The van der Waals surface area contributed by atoms with Crippen LogP contribution in [0.2, 0.25) is 0 Å². The first-order valence-electron chi connectivity index (χ1n) is 14.8. The van der Waals surface area contributed by atoms with Crippen molar-refractivity contribution in [1.29, 1.82) is 0 Å². The molecule has 2 amide bonds. The van der Waals surface area contributed by atoms with Crippen molar-refractivity contribution >= 4 is 52.0 Å². The van der Waals surface area contributed by atoms with Crippen molar-refractivity contribution in [2.45, 2.75) is 45.8 Å². The van der Waals surface area contributed by atoms with Gasteiger partial charge in [-0.25, -0.2) is 17.8 Å². The number of para-hydroxylation sites is 1. The lowest BCUT2D eigenvalue weighted by molar-refractivity contribution is 0.0735. The molecule has 236 valence electrons. The van der Waals surface area contributed by atoms with E-state index in [0.29, 0.717) is 48.5 Å². The van der Waals surface area contributed by atoms with Gasteiger partial charge in [0.1, 0.15) is 0 Å². The molecule has 0 saturated carbocycles. The van der Waals surface area contributed by atoms with E-state index in [1.165, 1.54) is 26.6 Å². The third-order valence-corrected chi connectivity index (χ3v) is 11.0. The Hall–Kier alpha value is -3.20. The van der Waals surface area contributed by atoms with Crippen molar-refractivity contribution < 1.29 is 23.1 Å². The number of benzene rings is 3. The second-order valence-corrected chi connectivity index (χ2v) is 15.2. The first-order valence-corrected chi connectivity index (χ1v) is 20.0. The van der Waals surface area contributed by atoms with E-state index in [1.807, 2.05) is 74.4 Å². The van der Waals surface area contributed by atoms with Crippen LogP contribution in [0.3, 0.4) is 0 Å². The number of amides is 2. The van der Waals surface area contributed by atoms with Crippen LogP contribution >= 0.6 is 30.1 Å². The fourth-order valence-corrected chi connectivity index (χ4v) is 8.85. The number of rotatable bonds is 12. The lowest BCUT2D eigenvalue weighted by Crippen LogP contribution is -2.36. The number of aliphatic hydroxyl groups is 1. The summed E-state index contributed by atoms with van der Waals surface area (Å²) < 4.78 is 29.1. The van der Waals surface area contributed by atoms with Gasteiger partial charge in [0, 0.05) is 35.5 Å². The van der Waals surface area contributed by atoms with Gasteiger partial charge in [0.15, 0.2) is 0 Å². The predicted octanol–water partition coefficient (Wildman–Crippen LogP) is 5.72. The minimum Gasteiger partial charge on any atom is -0.390 e. The number of halogens is 1. The highest BCUT2D eigenvalue weighted by atomic mass is 127. The number of hydrogen-bond donors (Lipinski definition) is 2. The number of nitrogens with zero attached hydrogens (tertiary/aromatic N) is 3. The number of carbonyl (C=O) groups excluding carboxylic acids is 2. The topological polar surface area (TPSA) is 122 Å². The molecule has 1 aromatic heterocycles. The highest BCUT2D eigenvalue weighted by Crippen LogP contribution is 2.35. The molecule has 3 aromatic carbocycles. The molecule has 1 aliphatic rings. The van der Waals surface area contributed by atoms with Crippen LogP contribution in [0.1, 0.15) is 63.0 Å². The predicted molar refractivity (Wildman–Crippen MR) is 186 cm³/mol. The van der Waals surface area contributed by atoms with Crippen molar-refractivity contribution in [3.63, 3.8) is 0 Å². The molecule has 1 aliphatic heterocycles. The summed E-state index contributed by atoms with van der Waals surface area (Å²) in [5.41, 5.74) is 5.84. The molecule has 2 heterocycles. The highest BCUT2D eigenvalue weighted by Gasteiger charge is 2.29. The van der Waals surface area contributed by atoms with Crippen LogP contribution in [0, 0.1) is 0 Å². The number of aliphatic hydroxyl groups excluding tert-OH is 1. The monoisotopic (exact) mass is 758 g/mol. The molecule has 0 fully saturated rings. The Balaban J connectivity index is 1.64. The normalized spacial score (nSPS) is 13.0. The summed E-state index contributed by atoms with van der Waals surface area (Å²) in [6.07, 6.45) is 3.13. The van der Waals surface area contributed by atoms with Gasteiger partial charge in [-0.05, 0) is 81.4 Å². The lowest BCUT2D eigenvalue weighted by Gasteiger charge is -2.29. The summed E-state index contributed by atoms with van der Waals surface area (Å²) in [4.78, 5) is 29.4. The zero-order valence-corrected chi connectivity index (χ0v) is 28.7. The maximum absolute atomic E-state index is 14.4. The molecule has 9 nitrogen and oxygen atoms in total. The van der Waals surface area contributed by atoms with Crippen LogP contribution in [0.25, 0.3) is 16.8 Å². The standard InChI is InChI=1S/C33H35IN4O5S2/c1-2-3-13-30-31(29(22-39)35-38(30)26-11-5-4-6-12-26)27-15-14-24(32(40)36-45(42,43)19-18-44-34)20-28(27)33(41)37-17-16-23-9-7-8-10-25(23)21-37/h4-12,14-15,20,39H,2-3,13,16-19,21-22H2,1H3,(H,36,40). The van der Waals surface area contributed by atoms with Gasteiger partial charge in [0.25, 0.3) is 11.8 Å². The van der Waals surface area contributed by atoms with E-state index >= 15 is 0 Å². The van der Waals surface area contributed by atoms with Crippen LogP contribution in [-0.4, -0.2) is 58.1 Å². The van der Waals surface area contributed by atoms with E-state index in [0.717, 1.165) is 29.8 Å². The molecule has 0 spiro atoms. The van der Waals surface area contributed by atoms with E-state index in [1.54, 1.807) is 11.0 Å². The quantitative estimate of drug-likeness (QED) is 0.178.